The summed E-state index contributed by atoms with van der Waals surface area (Å²) in [6.07, 6.45) is 0. The standard InChI is InChI=1S/C15H24N2O2/c1-14(2,3)11-8-6-7-9-12(11)19-10-15(4,5)13(18)17-16/h6-9H,10,16H2,1-5H3,(H,17,18). The van der Waals surface area contributed by atoms with E-state index in [1.165, 1.54) is 0 Å². The van der Waals surface area contributed by atoms with Gasteiger partial charge in [-0.15, -0.1) is 0 Å². The Morgan fingerprint density at radius 1 is 1.21 bits per heavy atom. The first-order valence-electron chi connectivity index (χ1n) is 6.42. The number of nitrogens with two attached hydrogens (primary N) is 1. The quantitative estimate of drug-likeness (QED) is 0.498. The highest BCUT2D eigenvalue weighted by molar-refractivity contribution is 5.81. The highest BCUT2D eigenvalue weighted by Crippen LogP contribution is 2.31. The molecule has 4 nitrogen and oxygen atoms in total. The van der Waals surface area contributed by atoms with E-state index in [2.05, 4.69) is 26.2 Å². The Kier molecular flexibility index (Phi) is 4.58. The van der Waals surface area contributed by atoms with Gasteiger partial charge in [0.15, 0.2) is 0 Å². The van der Waals surface area contributed by atoms with E-state index in [9.17, 15) is 4.79 Å². The maximum atomic E-state index is 11.6. The number of nitrogens with one attached hydrogen (secondary N) is 1. The van der Waals surface area contributed by atoms with Crippen LogP contribution in [0.15, 0.2) is 24.3 Å². The zero-order valence-corrected chi connectivity index (χ0v) is 12.4. The van der Waals surface area contributed by atoms with Gasteiger partial charge in [0.1, 0.15) is 12.4 Å². The minimum Gasteiger partial charge on any atom is -0.492 e. The van der Waals surface area contributed by atoms with Crippen LogP contribution in [0.5, 0.6) is 5.75 Å². The fourth-order valence-electron chi connectivity index (χ4n) is 1.73. The second-order valence-electron chi connectivity index (χ2n) is 6.39. The molecule has 0 aliphatic rings. The highest BCUT2D eigenvalue weighted by Gasteiger charge is 2.29. The number of amides is 1. The number of hydrogen-bond acceptors (Lipinski definition) is 3. The number of carbonyl (C=O) groups excluding carboxylic acids is 1. The topological polar surface area (TPSA) is 64.3 Å². The van der Waals surface area contributed by atoms with Crippen LogP contribution in [-0.2, 0) is 10.2 Å². The SMILES string of the molecule is CC(C)(COc1ccccc1C(C)(C)C)C(=O)NN. The lowest BCUT2D eigenvalue weighted by atomic mass is 9.86. The maximum absolute atomic E-state index is 11.6. The molecule has 0 unspecified atom stereocenters. The van der Waals surface area contributed by atoms with Crippen molar-refractivity contribution in [2.24, 2.45) is 11.3 Å². The third kappa shape index (κ3) is 3.96. The lowest BCUT2D eigenvalue weighted by Crippen LogP contribution is -2.44. The van der Waals surface area contributed by atoms with Crippen LogP contribution in [0.1, 0.15) is 40.2 Å². The van der Waals surface area contributed by atoms with E-state index >= 15 is 0 Å². The number of rotatable bonds is 4. The molecule has 4 heteroatoms. The lowest BCUT2D eigenvalue weighted by Gasteiger charge is -2.26. The lowest BCUT2D eigenvalue weighted by molar-refractivity contribution is -0.130. The van der Waals surface area contributed by atoms with Gasteiger partial charge in [0, 0.05) is 0 Å². The molecule has 0 saturated heterocycles. The van der Waals surface area contributed by atoms with E-state index in [1.807, 2.05) is 24.3 Å². The van der Waals surface area contributed by atoms with Crippen LogP contribution in [0.4, 0.5) is 0 Å². The van der Waals surface area contributed by atoms with Crippen LogP contribution in [0.2, 0.25) is 0 Å². The van der Waals surface area contributed by atoms with Gasteiger partial charge in [-0.2, -0.15) is 0 Å². The Morgan fingerprint density at radius 2 is 1.79 bits per heavy atom. The van der Waals surface area contributed by atoms with Crippen LogP contribution in [0, 0.1) is 5.41 Å². The molecule has 19 heavy (non-hydrogen) atoms. The van der Waals surface area contributed by atoms with Gasteiger partial charge in [-0.05, 0) is 30.9 Å². The molecule has 0 fully saturated rings. The van der Waals surface area contributed by atoms with Crippen molar-refractivity contribution in [1.29, 1.82) is 0 Å². The van der Waals surface area contributed by atoms with E-state index < -0.39 is 5.41 Å². The molecule has 1 aromatic carbocycles. The van der Waals surface area contributed by atoms with Gasteiger partial charge in [-0.25, -0.2) is 5.84 Å². The Morgan fingerprint density at radius 3 is 2.32 bits per heavy atom. The molecule has 1 aromatic rings. The molecule has 3 N–H and O–H groups in total. The van der Waals surface area contributed by atoms with Crippen molar-refractivity contribution in [3.63, 3.8) is 0 Å². The highest BCUT2D eigenvalue weighted by atomic mass is 16.5. The number of carbonyl (C=O) groups is 1. The Balaban J connectivity index is 2.87. The van der Waals surface area contributed by atoms with Crippen LogP contribution in [0.25, 0.3) is 0 Å². The van der Waals surface area contributed by atoms with E-state index in [0.717, 1.165) is 11.3 Å². The van der Waals surface area contributed by atoms with Crippen molar-refractivity contribution in [3.05, 3.63) is 29.8 Å². The van der Waals surface area contributed by atoms with Gasteiger partial charge < -0.3 is 4.74 Å². The summed E-state index contributed by atoms with van der Waals surface area (Å²) in [5.41, 5.74) is 2.62. The summed E-state index contributed by atoms with van der Waals surface area (Å²) in [6.45, 7) is 10.3. The fourth-order valence-corrected chi connectivity index (χ4v) is 1.73. The Labute approximate surface area is 115 Å². The first-order valence-corrected chi connectivity index (χ1v) is 6.42. The summed E-state index contributed by atoms with van der Waals surface area (Å²) in [4.78, 5) is 11.6. The van der Waals surface area contributed by atoms with Gasteiger partial charge >= 0.3 is 0 Å². The molecule has 1 rings (SSSR count). The number of hydrazine groups is 1. The molecular weight excluding hydrogens is 240 g/mol. The molecule has 0 radical (unpaired) electrons. The smallest absolute Gasteiger partial charge is 0.242 e. The zero-order valence-electron chi connectivity index (χ0n) is 12.4. The molecule has 0 saturated carbocycles. The number of hydrogen-bond donors (Lipinski definition) is 2. The van der Waals surface area contributed by atoms with Crippen LogP contribution in [-0.4, -0.2) is 12.5 Å². The fraction of sp³-hybridized carbons (Fsp3) is 0.533. The summed E-state index contributed by atoms with van der Waals surface area (Å²) in [5, 5.41) is 0. The predicted octanol–water partition coefficient (Wildman–Crippen LogP) is 2.38. The summed E-state index contributed by atoms with van der Waals surface area (Å²) in [7, 11) is 0. The molecule has 0 aliphatic carbocycles. The van der Waals surface area contributed by atoms with E-state index in [1.54, 1.807) is 13.8 Å². The summed E-state index contributed by atoms with van der Waals surface area (Å²) in [6, 6.07) is 7.90. The van der Waals surface area contributed by atoms with Crippen molar-refractivity contribution in [2.75, 3.05) is 6.61 Å². The van der Waals surface area contributed by atoms with Gasteiger partial charge in [-0.3, -0.25) is 10.2 Å². The molecule has 0 spiro atoms. The second kappa shape index (κ2) is 5.61. The van der Waals surface area contributed by atoms with Crippen LogP contribution >= 0.6 is 0 Å². The molecule has 0 atom stereocenters. The minimum absolute atomic E-state index is 0.00311. The number of ether oxygens (including phenoxy) is 1. The largest absolute Gasteiger partial charge is 0.492 e. The molecule has 0 bridgehead atoms. The van der Waals surface area contributed by atoms with Crippen molar-refractivity contribution < 1.29 is 9.53 Å². The minimum atomic E-state index is -0.667. The maximum Gasteiger partial charge on any atom is 0.242 e. The zero-order chi connectivity index (χ0) is 14.7. The first-order chi connectivity index (χ1) is 8.68. The summed E-state index contributed by atoms with van der Waals surface area (Å²) >= 11 is 0. The van der Waals surface area contributed by atoms with E-state index in [4.69, 9.17) is 10.6 Å². The third-order valence-corrected chi connectivity index (χ3v) is 3.03. The predicted molar refractivity (Wildman–Crippen MR) is 76.7 cm³/mol. The first kappa shape index (κ1) is 15.5. The van der Waals surface area contributed by atoms with Crippen molar-refractivity contribution in [3.8, 4) is 5.75 Å². The summed E-state index contributed by atoms with van der Waals surface area (Å²) in [5.74, 6) is 5.75. The average Bonchev–Trinajstić information content (AvgIpc) is 2.34. The molecule has 0 heterocycles. The van der Waals surface area contributed by atoms with Gasteiger partial charge in [-0.1, -0.05) is 39.0 Å². The van der Waals surface area contributed by atoms with Crippen molar-refractivity contribution >= 4 is 5.91 Å². The van der Waals surface area contributed by atoms with Crippen molar-refractivity contribution in [2.45, 2.75) is 40.0 Å². The molecular formula is C15H24N2O2. The Hall–Kier alpha value is -1.55. The van der Waals surface area contributed by atoms with Crippen LogP contribution < -0.4 is 16.0 Å². The van der Waals surface area contributed by atoms with Gasteiger partial charge in [0.05, 0.1) is 5.41 Å². The third-order valence-electron chi connectivity index (χ3n) is 3.03. The number of para-hydroxylation sites is 1. The molecule has 0 aliphatic heterocycles. The summed E-state index contributed by atoms with van der Waals surface area (Å²) < 4.78 is 5.84. The molecule has 106 valence electrons. The number of benzene rings is 1. The van der Waals surface area contributed by atoms with E-state index in [-0.39, 0.29) is 17.9 Å². The van der Waals surface area contributed by atoms with Crippen molar-refractivity contribution in [1.82, 2.24) is 5.43 Å². The van der Waals surface area contributed by atoms with Gasteiger partial charge in [0.2, 0.25) is 5.91 Å². The monoisotopic (exact) mass is 264 g/mol. The van der Waals surface area contributed by atoms with Gasteiger partial charge in [0.25, 0.3) is 0 Å². The average molecular weight is 264 g/mol. The van der Waals surface area contributed by atoms with E-state index in [0.29, 0.717) is 0 Å². The van der Waals surface area contributed by atoms with Crippen LogP contribution in [0.3, 0.4) is 0 Å². The molecule has 0 aromatic heterocycles. The Bertz CT molecular complexity index is 448. The second-order valence-corrected chi connectivity index (χ2v) is 6.39. The molecule has 1 amide bonds. The normalized spacial score (nSPS) is 12.1.